The fourth-order valence-electron chi connectivity index (χ4n) is 2.50. The highest BCUT2D eigenvalue weighted by atomic mass is 35.5. The Hall–Kier alpha value is -1.60. The molecule has 1 amide bonds. The lowest BCUT2D eigenvalue weighted by Crippen LogP contribution is -2.42. The highest BCUT2D eigenvalue weighted by Crippen LogP contribution is 2.24. The Bertz CT molecular complexity index is 879. The van der Waals surface area contributed by atoms with Crippen LogP contribution in [0.25, 0.3) is 0 Å². The quantitative estimate of drug-likeness (QED) is 0.501. The number of ether oxygens (including phenoxy) is 2. The molecule has 5 nitrogen and oxygen atoms in total. The van der Waals surface area contributed by atoms with E-state index < -0.39 is 17.9 Å². The van der Waals surface area contributed by atoms with Gasteiger partial charge < -0.3 is 14.8 Å². The Balaban J connectivity index is 2.09. The van der Waals surface area contributed by atoms with Crippen LogP contribution in [0.4, 0.5) is 0 Å². The summed E-state index contributed by atoms with van der Waals surface area (Å²) in [5, 5.41) is 3.82. The van der Waals surface area contributed by atoms with E-state index >= 15 is 0 Å². The molecule has 9 heteroatoms. The summed E-state index contributed by atoms with van der Waals surface area (Å²) in [4.78, 5) is 25.2. The van der Waals surface area contributed by atoms with E-state index in [2.05, 4.69) is 5.32 Å². The lowest BCUT2D eigenvalue weighted by molar-refractivity contribution is -0.147. The van der Waals surface area contributed by atoms with Crippen LogP contribution in [-0.2, 0) is 16.1 Å². The first-order valence-corrected chi connectivity index (χ1v) is 11.1. The second-order valence-corrected chi connectivity index (χ2v) is 8.26. The summed E-state index contributed by atoms with van der Waals surface area (Å²) in [6.45, 7) is -0.0318. The van der Waals surface area contributed by atoms with Crippen LogP contribution in [0.2, 0.25) is 15.1 Å². The molecule has 0 aliphatic carbocycles. The molecule has 29 heavy (non-hydrogen) atoms. The third-order valence-electron chi connectivity index (χ3n) is 3.99. The molecule has 0 saturated carbocycles. The topological polar surface area (TPSA) is 64.6 Å². The molecule has 1 unspecified atom stereocenters. The molecule has 2 aromatic rings. The van der Waals surface area contributed by atoms with E-state index in [-0.39, 0.29) is 17.2 Å². The lowest BCUT2D eigenvalue weighted by atomic mass is 10.1. The smallest absolute Gasteiger partial charge is 0.329 e. The molecule has 0 fully saturated rings. The van der Waals surface area contributed by atoms with Crippen molar-refractivity contribution in [2.24, 2.45) is 0 Å². The molecular weight excluding hydrogens is 457 g/mol. The number of thioether (sulfide) groups is 1. The number of rotatable bonds is 9. The van der Waals surface area contributed by atoms with Crippen LogP contribution in [0.15, 0.2) is 36.4 Å². The fraction of sp³-hybridized carbons (Fsp3) is 0.300. The van der Waals surface area contributed by atoms with Gasteiger partial charge in [0, 0.05) is 15.6 Å². The van der Waals surface area contributed by atoms with Crippen molar-refractivity contribution in [3.63, 3.8) is 0 Å². The second-order valence-electron chi connectivity index (χ2n) is 6.00. The summed E-state index contributed by atoms with van der Waals surface area (Å²) in [7, 11) is 1.52. The van der Waals surface area contributed by atoms with Crippen LogP contribution in [0.1, 0.15) is 22.3 Å². The third kappa shape index (κ3) is 7.00. The molecule has 0 saturated heterocycles. The van der Waals surface area contributed by atoms with E-state index in [4.69, 9.17) is 44.3 Å². The molecule has 0 aliphatic rings. The SMILES string of the molecule is COc1ccc(Cl)cc1COC(=O)C(CCSC)NC(=O)c1ccc(Cl)cc1Cl. The first-order chi connectivity index (χ1) is 13.8. The summed E-state index contributed by atoms with van der Waals surface area (Å²) in [5.74, 6) is 0.184. The van der Waals surface area contributed by atoms with Gasteiger partial charge >= 0.3 is 5.97 Å². The summed E-state index contributed by atoms with van der Waals surface area (Å²) in [6.07, 6.45) is 2.32. The Morgan fingerprint density at radius 3 is 2.45 bits per heavy atom. The van der Waals surface area contributed by atoms with E-state index in [9.17, 15) is 9.59 Å². The van der Waals surface area contributed by atoms with Gasteiger partial charge in [0.2, 0.25) is 0 Å². The summed E-state index contributed by atoms with van der Waals surface area (Å²) in [5.41, 5.74) is 0.860. The van der Waals surface area contributed by atoms with Crippen molar-refractivity contribution in [2.45, 2.75) is 19.1 Å². The molecule has 0 aromatic heterocycles. The number of esters is 1. The highest BCUT2D eigenvalue weighted by molar-refractivity contribution is 7.98. The fourth-order valence-corrected chi connectivity index (χ4v) is 3.66. The number of methoxy groups -OCH3 is 1. The molecule has 156 valence electrons. The first-order valence-electron chi connectivity index (χ1n) is 8.59. The normalized spacial score (nSPS) is 11.6. The van der Waals surface area contributed by atoms with E-state index in [1.54, 1.807) is 36.0 Å². The van der Waals surface area contributed by atoms with E-state index in [1.807, 2.05) is 6.26 Å². The van der Waals surface area contributed by atoms with Crippen LogP contribution in [-0.4, -0.2) is 37.0 Å². The lowest BCUT2D eigenvalue weighted by Gasteiger charge is -2.18. The van der Waals surface area contributed by atoms with Crippen molar-refractivity contribution in [1.82, 2.24) is 5.32 Å². The van der Waals surface area contributed by atoms with Gasteiger partial charge in [-0.05, 0) is 54.8 Å². The van der Waals surface area contributed by atoms with Crippen molar-refractivity contribution in [2.75, 3.05) is 19.1 Å². The van der Waals surface area contributed by atoms with Crippen LogP contribution < -0.4 is 10.1 Å². The van der Waals surface area contributed by atoms with Gasteiger partial charge in [0.15, 0.2) is 0 Å². The number of halogens is 3. The van der Waals surface area contributed by atoms with Gasteiger partial charge in [0.25, 0.3) is 5.91 Å². The number of carbonyl (C=O) groups excluding carboxylic acids is 2. The predicted octanol–water partition coefficient (Wildman–Crippen LogP) is 5.25. The molecular formula is C20H20Cl3NO4S. The van der Waals surface area contributed by atoms with E-state index in [0.29, 0.717) is 33.5 Å². The van der Waals surface area contributed by atoms with Crippen molar-refractivity contribution in [1.29, 1.82) is 0 Å². The maximum absolute atomic E-state index is 12.6. The zero-order valence-electron chi connectivity index (χ0n) is 15.8. The highest BCUT2D eigenvalue weighted by Gasteiger charge is 2.24. The minimum absolute atomic E-state index is 0.0318. The van der Waals surface area contributed by atoms with Crippen LogP contribution in [0.3, 0.4) is 0 Å². The van der Waals surface area contributed by atoms with Crippen molar-refractivity contribution in [3.05, 3.63) is 62.6 Å². The molecule has 2 aromatic carbocycles. The van der Waals surface area contributed by atoms with Crippen LogP contribution >= 0.6 is 46.6 Å². The number of benzene rings is 2. The van der Waals surface area contributed by atoms with Crippen molar-refractivity contribution in [3.8, 4) is 5.75 Å². The number of hydrogen-bond acceptors (Lipinski definition) is 5. The van der Waals surface area contributed by atoms with Gasteiger partial charge in [0.1, 0.15) is 18.4 Å². The summed E-state index contributed by atoms with van der Waals surface area (Å²) < 4.78 is 10.7. The minimum Gasteiger partial charge on any atom is -0.496 e. The van der Waals surface area contributed by atoms with Gasteiger partial charge in [-0.3, -0.25) is 4.79 Å². The minimum atomic E-state index is -0.827. The predicted molar refractivity (Wildman–Crippen MR) is 119 cm³/mol. The summed E-state index contributed by atoms with van der Waals surface area (Å²) in [6, 6.07) is 8.75. The Labute approximate surface area is 189 Å². The number of carbonyl (C=O) groups is 2. The molecule has 0 heterocycles. The maximum Gasteiger partial charge on any atom is 0.329 e. The Morgan fingerprint density at radius 2 is 1.79 bits per heavy atom. The average molecular weight is 477 g/mol. The van der Waals surface area contributed by atoms with Gasteiger partial charge in [-0.1, -0.05) is 34.8 Å². The molecule has 0 spiro atoms. The van der Waals surface area contributed by atoms with Crippen LogP contribution in [0, 0.1) is 0 Å². The summed E-state index contributed by atoms with van der Waals surface area (Å²) >= 11 is 19.5. The van der Waals surface area contributed by atoms with Crippen molar-refractivity contribution < 1.29 is 19.1 Å². The van der Waals surface area contributed by atoms with Crippen LogP contribution in [0.5, 0.6) is 5.75 Å². The Kier molecular flexibility index (Phi) is 9.43. The second kappa shape index (κ2) is 11.6. The molecule has 1 atom stereocenters. The number of hydrogen-bond donors (Lipinski definition) is 1. The van der Waals surface area contributed by atoms with Gasteiger partial charge in [-0.25, -0.2) is 4.79 Å². The van der Waals surface area contributed by atoms with Gasteiger partial charge in [-0.15, -0.1) is 0 Å². The molecule has 2 rings (SSSR count). The largest absolute Gasteiger partial charge is 0.496 e. The monoisotopic (exact) mass is 475 g/mol. The van der Waals surface area contributed by atoms with E-state index in [1.165, 1.54) is 19.2 Å². The number of amides is 1. The molecule has 0 bridgehead atoms. The standard InChI is InChI=1S/C20H20Cl3NO4S/c1-27-18-6-4-13(21)9-12(18)11-28-20(26)17(7-8-29-2)24-19(25)15-5-3-14(22)10-16(15)23/h3-6,9-10,17H,7-8,11H2,1-2H3,(H,24,25). The first kappa shape index (κ1) is 23.7. The number of nitrogens with one attached hydrogen (secondary N) is 1. The van der Waals surface area contributed by atoms with E-state index in [0.717, 1.165) is 0 Å². The average Bonchev–Trinajstić information content (AvgIpc) is 2.69. The van der Waals surface area contributed by atoms with Gasteiger partial charge in [-0.2, -0.15) is 11.8 Å². The molecule has 0 aliphatic heterocycles. The third-order valence-corrected chi connectivity index (χ3v) is 5.42. The molecule has 0 radical (unpaired) electrons. The zero-order valence-corrected chi connectivity index (χ0v) is 18.9. The maximum atomic E-state index is 12.6. The van der Waals surface area contributed by atoms with Gasteiger partial charge in [0.05, 0.1) is 17.7 Å². The van der Waals surface area contributed by atoms with Crippen molar-refractivity contribution >= 4 is 58.4 Å². The zero-order chi connectivity index (χ0) is 21.4. The molecule has 1 N–H and O–H groups in total. The Morgan fingerprint density at radius 1 is 1.10 bits per heavy atom.